The number of nitrogens with zero attached hydrogens (tertiary/aromatic N) is 3. The molecule has 0 radical (unpaired) electrons. The number of ketones is 2. The summed E-state index contributed by atoms with van der Waals surface area (Å²) < 4.78 is 15.9. The zero-order valence-electron chi connectivity index (χ0n) is 21.5. The van der Waals surface area contributed by atoms with E-state index in [-0.39, 0.29) is 46.6 Å². The predicted molar refractivity (Wildman–Crippen MR) is 134 cm³/mol. The van der Waals surface area contributed by atoms with Gasteiger partial charge in [0.05, 0.1) is 45.1 Å². The van der Waals surface area contributed by atoms with Gasteiger partial charge in [-0.25, -0.2) is 9.78 Å². The van der Waals surface area contributed by atoms with Crippen LogP contribution in [0, 0.1) is 0 Å². The first-order chi connectivity index (χ1) is 17.0. The molecule has 1 aromatic heterocycles. The minimum absolute atomic E-state index is 0.000407. The van der Waals surface area contributed by atoms with Crippen LogP contribution in [0.25, 0.3) is 0 Å². The van der Waals surface area contributed by atoms with Gasteiger partial charge in [0.25, 0.3) is 5.91 Å². The van der Waals surface area contributed by atoms with Gasteiger partial charge in [0.15, 0.2) is 10.8 Å². The highest BCUT2D eigenvalue weighted by molar-refractivity contribution is 7.16. The maximum absolute atomic E-state index is 12.6. The van der Waals surface area contributed by atoms with E-state index in [0.29, 0.717) is 39.5 Å². The van der Waals surface area contributed by atoms with Gasteiger partial charge in [-0.15, -0.1) is 11.3 Å². The molecule has 13 heteroatoms. The van der Waals surface area contributed by atoms with E-state index in [1.54, 1.807) is 20.8 Å². The maximum atomic E-state index is 12.6. The second-order valence-electron chi connectivity index (χ2n) is 9.17. The highest BCUT2D eigenvalue weighted by Crippen LogP contribution is 2.26. The fourth-order valence-corrected chi connectivity index (χ4v) is 3.81. The number of hydrogen-bond acceptors (Lipinski definition) is 11. The van der Waals surface area contributed by atoms with Crippen molar-refractivity contribution in [2.45, 2.75) is 32.8 Å². The van der Waals surface area contributed by atoms with Gasteiger partial charge < -0.3 is 29.7 Å². The normalized spacial score (nSPS) is 14.8. The van der Waals surface area contributed by atoms with Crippen molar-refractivity contribution in [3.63, 3.8) is 0 Å². The molecule has 2 N–H and O–H groups in total. The van der Waals surface area contributed by atoms with Crippen LogP contribution < -0.4 is 10.6 Å². The van der Waals surface area contributed by atoms with Crippen molar-refractivity contribution in [1.29, 1.82) is 0 Å². The summed E-state index contributed by atoms with van der Waals surface area (Å²) in [5.41, 5.74) is -0.367. The molecule has 2 amide bonds. The van der Waals surface area contributed by atoms with Crippen LogP contribution in [0.4, 0.5) is 4.79 Å². The number of Topliss-reactive ketones (excluding diaryl/α,β-unsaturated/α-hetero) is 2. The molecule has 2 rings (SSSR count). The molecule has 0 bridgehead atoms. The highest BCUT2D eigenvalue weighted by Gasteiger charge is 2.34. The number of fused-ring (bicyclic) bond motifs is 1. The van der Waals surface area contributed by atoms with Crippen molar-refractivity contribution in [3.05, 3.63) is 15.6 Å². The molecule has 0 unspecified atom stereocenters. The molecule has 1 aliphatic rings. The van der Waals surface area contributed by atoms with E-state index in [1.807, 2.05) is 19.0 Å². The summed E-state index contributed by atoms with van der Waals surface area (Å²) in [5.74, 6) is -1.13. The molecule has 36 heavy (non-hydrogen) atoms. The first-order valence-corrected chi connectivity index (χ1v) is 12.5. The summed E-state index contributed by atoms with van der Waals surface area (Å²) >= 11 is 0.914. The van der Waals surface area contributed by atoms with Gasteiger partial charge in [0, 0.05) is 19.6 Å². The lowest BCUT2D eigenvalue weighted by molar-refractivity contribution is 0.0400. The molecule has 1 heterocycles. The van der Waals surface area contributed by atoms with Gasteiger partial charge in [0.2, 0.25) is 5.78 Å². The quantitative estimate of drug-likeness (QED) is 0.362. The Morgan fingerprint density at radius 1 is 1.06 bits per heavy atom. The number of aromatic nitrogens is 1. The smallest absolute Gasteiger partial charge is 0.407 e. The van der Waals surface area contributed by atoms with Crippen LogP contribution in [0.1, 0.15) is 57.2 Å². The molecule has 0 aliphatic heterocycles. The monoisotopic (exact) mass is 525 g/mol. The lowest BCUT2D eigenvalue weighted by atomic mass is 9.98. The Labute approximate surface area is 214 Å². The summed E-state index contributed by atoms with van der Waals surface area (Å²) in [4.78, 5) is 59.5. The van der Waals surface area contributed by atoms with E-state index >= 15 is 0 Å². The van der Waals surface area contributed by atoms with Gasteiger partial charge in [0.1, 0.15) is 16.2 Å². The van der Waals surface area contributed by atoms with Crippen molar-refractivity contribution in [2.24, 2.45) is 4.99 Å². The number of likely N-dealkylation sites (N-methyl/N-ethyl adjacent to an activating group) is 1. The summed E-state index contributed by atoms with van der Waals surface area (Å²) in [6, 6.07) is 0. The van der Waals surface area contributed by atoms with Gasteiger partial charge in [-0.05, 0) is 34.9 Å². The molecule has 200 valence electrons. The number of aliphatic imine (C=N–C) groups is 1. The summed E-state index contributed by atoms with van der Waals surface area (Å²) in [7, 11) is 3.79. The van der Waals surface area contributed by atoms with Crippen LogP contribution in [0.3, 0.4) is 0 Å². The van der Waals surface area contributed by atoms with E-state index in [4.69, 9.17) is 14.2 Å². The Morgan fingerprint density at radius 3 is 2.31 bits per heavy atom. The average molecular weight is 526 g/mol. The molecule has 1 aliphatic carbocycles. The molecule has 0 atom stereocenters. The molecule has 1 aromatic rings. The van der Waals surface area contributed by atoms with E-state index in [0.717, 1.165) is 11.3 Å². The number of amides is 2. The molecule has 0 fully saturated rings. The third-order valence-electron chi connectivity index (χ3n) is 4.55. The summed E-state index contributed by atoms with van der Waals surface area (Å²) in [6.45, 7) is 8.16. The number of rotatable bonds is 13. The van der Waals surface area contributed by atoms with Crippen LogP contribution in [0.5, 0.6) is 0 Å². The fourth-order valence-electron chi connectivity index (χ4n) is 2.90. The molecular formula is C23H35N5O7S. The number of carbonyl (C=O) groups excluding carboxylic acids is 4. The van der Waals surface area contributed by atoms with E-state index in [2.05, 4.69) is 20.6 Å². The maximum Gasteiger partial charge on any atom is 0.407 e. The first-order valence-electron chi connectivity index (χ1n) is 11.6. The third kappa shape index (κ3) is 10.1. The molecule has 0 spiro atoms. The minimum Gasteiger partial charge on any atom is -0.444 e. The second-order valence-corrected chi connectivity index (χ2v) is 10.2. The fraction of sp³-hybridized carbons (Fsp3) is 0.652. The average Bonchev–Trinajstić information content (AvgIpc) is 3.23. The molecule has 12 nitrogen and oxygen atoms in total. The predicted octanol–water partition coefficient (Wildman–Crippen LogP) is 1.20. The third-order valence-corrected chi connectivity index (χ3v) is 5.64. The van der Waals surface area contributed by atoms with Crippen molar-refractivity contribution in [1.82, 2.24) is 20.5 Å². The number of hydrogen-bond donors (Lipinski definition) is 2. The number of alkyl carbamates (subject to hydrolysis) is 1. The van der Waals surface area contributed by atoms with Crippen molar-refractivity contribution >= 4 is 40.6 Å². The number of ether oxygens (including phenoxy) is 3. The first kappa shape index (κ1) is 29.5. The molecule has 0 saturated carbocycles. The van der Waals surface area contributed by atoms with Gasteiger partial charge in [-0.1, -0.05) is 0 Å². The Balaban J connectivity index is 1.65. The van der Waals surface area contributed by atoms with Crippen LogP contribution in [-0.4, -0.2) is 111 Å². The zero-order chi connectivity index (χ0) is 26.7. The van der Waals surface area contributed by atoms with Crippen molar-refractivity contribution in [2.75, 3.05) is 66.7 Å². The Bertz CT molecular complexity index is 969. The zero-order valence-corrected chi connectivity index (χ0v) is 22.3. The van der Waals surface area contributed by atoms with E-state index in [9.17, 15) is 19.2 Å². The number of thiazole rings is 1. The topological polar surface area (TPSA) is 149 Å². The van der Waals surface area contributed by atoms with Crippen LogP contribution in [-0.2, 0) is 14.2 Å². The van der Waals surface area contributed by atoms with Crippen LogP contribution in [0.15, 0.2) is 4.99 Å². The lowest BCUT2D eigenvalue weighted by Gasteiger charge is -2.19. The minimum atomic E-state index is -0.550. The number of carbonyl (C=O) groups is 4. The Morgan fingerprint density at radius 2 is 1.69 bits per heavy atom. The SMILES string of the molecule is CN(C)CCN=C1CC(=O)c2sc(C(=O)NCCOCCOCCNC(=O)OC(C)(C)C)nc2C1=O. The molecule has 0 aromatic carbocycles. The van der Waals surface area contributed by atoms with Crippen molar-refractivity contribution < 1.29 is 33.4 Å². The second kappa shape index (κ2) is 14.1. The number of nitrogens with one attached hydrogen (secondary N) is 2. The van der Waals surface area contributed by atoms with E-state index in [1.165, 1.54) is 0 Å². The standard InChI is InChI=1S/C23H35N5O7S/c1-23(2,3)35-22(32)26-8-11-34-13-12-33-10-7-25-20(31)21-27-17-18(30)15(24-6-9-28(4)5)14-16(29)19(17)36-21/h6-14H2,1-5H3,(H,25,31)(H,26,32). The summed E-state index contributed by atoms with van der Waals surface area (Å²) in [5, 5.41) is 5.30. The van der Waals surface area contributed by atoms with Gasteiger partial charge in [-0.3, -0.25) is 19.4 Å². The largest absolute Gasteiger partial charge is 0.444 e. The van der Waals surface area contributed by atoms with Gasteiger partial charge in [-0.2, -0.15) is 0 Å². The highest BCUT2D eigenvalue weighted by atomic mass is 32.1. The van der Waals surface area contributed by atoms with Crippen molar-refractivity contribution in [3.8, 4) is 0 Å². The van der Waals surface area contributed by atoms with Crippen LogP contribution in [0.2, 0.25) is 0 Å². The van der Waals surface area contributed by atoms with E-state index < -0.39 is 23.4 Å². The molecule has 0 saturated heterocycles. The molecular weight excluding hydrogens is 490 g/mol. The Hall–Kier alpha value is -2.74. The van der Waals surface area contributed by atoms with Crippen LogP contribution >= 0.6 is 11.3 Å². The van der Waals surface area contributed by atoms with Gasteiger partial charge >= 0.3 is 6.09 Å². The summed E-state index contributed by atoms with van der Waals surface area (Å²) in [6.07, 6.45) is -0.573. The lowest BCUT2D eigenvalue weighted by Crippen LogP contribution is -2.34. The Kier molecular flexibility index (Phi) is 11.6.